The summed E-state index contributed by atoms with van der Waals surface area (Å²) in [5, 5.41) is 22.7. The normalized spacial score (nSPS) is 25.2. The molecule has 1 aliphatic rings. The van der Waals surface area contributed by atoms with E-state index in [0.29, 0.717) is 5.92 Å². The second-order valence-electron chi connectivity index (χ2n) is 4.99. The minimum atomic E-state index is -1.13. The minimum Gasteiger partial charge on any atom is -0.480 e. The summed E-state index contributed by atoms with van der Waals surface area (Å²) in [6.45, 7) is 1.88. The van der Waals surface area contributed by atoms with Gasteiger partial charge in [0, 0.05) is 19.1 Å². The number of rotatable bonds is 5. The lowest BCUT2D eigenvalue weighted by Crippen LogP contribution is -2.50. The standard InChI is InChI=1S/C12H22N2O4/c1-8-3-2-4-9(7-8)13-12(18)14-10(5-6-15)11(16)17/h8-10,15H,2-7H2,1H3,(H,16,17)(H2,13,14,18). The van der Waals surface area contributed by atoms with Crippen LogP contribution in [-0.4, -0.2) is 40.9 Å². The van der Waals surface area contributed by atoms with Gasteiger partial charge in [-0.3, -0.25) is 0 Å². The Morgan fingerprint density at radius 2 is 2.11 bits per heavy atom. The predicted octanol–water partition coefficient (Wildman–Crippen LogP) is 0.700. The molecule has 0 aliphatic heterocycles. The average molecular weight is 258 g/mol. The van der Waals surface area contributed by atoms with Crippen molar-refractivity contribution in [1.29, 1.82) is 0 Å². The third kappa shape index (κ3) is 4.91. The fourth-order valence-corrected chi connectivity index (χ4v) is 2.34. The van der Waals surface area contributed by atoms with Gasteiger partial charge in [-0.2, -0.15) is 0 Å². The van der Waals surface area contributed by atoms with Crippen LogP contribution >= 0.6 is 0 Å². The second kappa shape index (κ2) is 7.20. The molecule has 0 radical (unpaired) electrons. The van der Waals surface area contributed by atoms with Gasteiger partial charge in [0.25, 0.3) is 0 Å². The second-order valence-corrected chi connectivity index (χ2v) is 4.99. The van der Waals surface area contributed by atoms with E-state index in [1.807, 2.05) is 0 Å². The van der Waals surface area contributed by atoms with Crippen LogP contribution in [0.2, 0.25) is 0 Å². The zero-order valence-electron chi connectivity index (χ0n) is 10.7. The van der Waals surface area contributed by atoms with Gasteiger partial charge in [0.15, 0.2) is 0 Å². The average Bonchev–Trinajstić information content (AvgIpc) is 2.28. The Kier molecular flexibility index (Phi) is 5.91. The Labute approximate surface area is 107 Å². The Balaban J connectivity index is 2.37. The van der Waals surface area contributed by atoms with E-state index in [1.54, 1.807) is 0 Å². The molecular formula is C12H22N2O4. The summed E-state index contributed by atoms with van der Waals surface area (Å²) < 4.78 is 0. The smallest absolute Gasteiger partial charge is 0.326 e. The van der Waals surface area contributed by atoms with Crippen molar-refractivity contribution in [1.82, 2.24) is 10.6 Å². The van der Waals surface area contributed by atoms with E-state index >= 15 is 0 Å². The summed E-state index contributed by atoms with van der Waals surface area (Å²) in [5.74, 6) is -0.534. The molecule has 2 amide bonds. The third-order valence-electron chi connectivity index (χ3n) is 3.29. The van der Waals surface area contributed by atoms with Crippen molar-refractivity contribution in [3.8, 4) is 0 Å². The van der Waals surface area contributed by atoms with E-state index in [2.05, 4.69) is 17.6 Å². The quantitative estimate of drug-likeness (QED) is 0.583. The highest BCUT2D eigenvalue weighted by Gasteiger charge is 2.23. The monoisotopic (exact) mass is 258 g/mol. The van der Waals surface area contributed by atoms with E-state index < -0.39 is 18.0 Å². The fraction of sp³-hybridized carbons (Fsp3) is 0.833. The number of aliphatic hydroxyl groups excluding tert-OH is 1. The van der Waals surface area contributed by atoms with Gasteiger partial charge in [0.2, 0.25) is 0 Å². The van der Waals surface area contributed by atoms with Crippen LogP contribution < -0.4 is 10.6 Å². The van der Waals surface area contributed by atoms with Crippen LogP contribution in [0, 0.1) is 5.92 Å². The van der Waals surface area contributed by atoms with Crippen LogP contribution in [0.1, 0.15) is 39.0 Å². The molecule has 1 aliphatic carbocycles. The van der Waals surface area contributed by atoms with Crippen molar-refractivity contribution in [3.63, 3.8) is 0 Å². The molecule has 6 nitrogen and oxygen atoms in total. The first-order chi connectivity index (χ1) is 8.52. The van der Waals surface area contributed by atoms with Crippen molar-refractivity contribution >= 4 is 12.0 Å². The fourth-order valence-electron chi connectivity index (χ4n) is 2.34. The number of hydrogen-bond donors (Lipinski definition) is 4. The highest BCUT2D eigenvalue weighted by molar-refractivity contribution is 5.82. The summed E-state index contributed by atoms with van der Waals surface area (Å²) in [6, 6.07) is -1.37. The van der Waals surface area contributed by atoms with Crippen LogP contribution in [0.4, 0.5) is 4.79 Å². The number of carbonyl (C=O) groups excluding carboxylic acids is 1. The summed E-state index contributed by atoms with van der Waals surface area (Å²) in [4.78, 5) is 22.5. The van der Waals surface area contributed by atoms with Crippen LogP contribution in [-0.2, 0) is 4.79 Å². The number of carboxylic acid groups (broad SMARTS) is 1. The lowest BCUT2D eigenvalue weighted by Gasteiger charge is -2.28. The number of carbonyl (C=O) groups is 2. The first-order valence-corrected chi connectivity index (χ1v) is 6.43. The van der Waals surface area contributed by atoms with Crippen LogP contribution in [0.3, 0.4) is 0 Å². The van der Waals surface area contributed by atoms with Crippen LogP contribution in [0.5, 0.6) is 0 Å². The SMILES string of the molecule is CC1CCCC(NC(=O)NC(CCO)C(=O)O)C1. The van der Waals surface area contributed by atoms with Gasteiger partial charge in [-0.05, 0) is 18.8 Å². The number of urea groups is 1. The van der Waals surface area contributed by atoms with Crippen molar-refractivity contribution in [2.24, 2.45) is 5.92 Å². The Bertz CT molecular complexity index is 296. The first kappa shape index (κ1) is 14.8. The Hall–Kier alpha value is -1.30. The molecule has 0 bridgehead atoms. The molecule has 0 spiro atoms. The minimum absolute atomic E-state index is 0.0177. The highest BCUT2D eigenvalue weighted by Crippen LogP contribution is 2.23. The van der Waals surface area contributed by atoms with Crippen LogP contribution in [0.25, 0.3) is 0 Å². The van der Waals surface area contributed by atoms with E-state index in [1.165, 1.54) is 6.42 Å². The molecular weight excluding hydrogens is 236 g/mol. The van der Waals surface area contributed by atoms with Gasteiger partial charge in [-0.1, -0.05) is 19.8 Å². The molecule has 18 heavy (non-hydrogen) atoms. The maximum Gasteiger partial charge on any atom is 0.326 e. The van der Waals surface area contributed by atoms with Crippen molar-refractivity contribution in [3.05, 3.63) is 0 Å². The van der Waals surface area contributed by atoms with E-state index in [9.17, 15) is 9.59 Å². The van der Waals surface area contributed by atoms with Gasteiger partial charge in [0.1, 0.15) is 6.04 Å². The third-order valence-corrected chi connectivity index (χ3v) is 3.29. The first-order valence-electron chi connectivity index (χ1n) is 6.43. The zero-order chi connectivity index (χ0) is 13.5. The van der Waals surface area contributed by atoms with Crippen molar-refractivity contribution in [2.45, 2.75) is 51.1 Å². The summed E-state index contributed by atoms with van der Waals surface area (Å²) in [5.41, 5.74) is 0. The summed E-state index contributed by atoms with van der Waals surface area (Å²) in [6.07, 6.45) is 4.16. The van der Waals surface area contributed by atoms with E-state index in [4.69, 9.17) is 10.2 Å². The topological polar surface area (TPSA) is 98.7 Å². The van der Waals surface area contributed by atoms with Crippen molar-refractivity contribution < 1.29 is 19.8 Å². The zero-order valence-corrected chi connectivity index (χ0v) is 10.7. The summed E-state index contributed by atoms with van der Waals surface area (Å²) >= 11 is 0. The maximum absolute atomic E-state index is 11.6. The predicted molar refractivity (Wildman–Crippen MR) is 66.2 cm³/mol. The molecule has 1 fully saturated rings. The molecule has 104 valence electrons. The largest absolute Gasteiger partial charge is 0.480 e. The lowest BCUT2D eigenvalue weighted by molar-refractivity contribution is -0.139. The lowest BCUT2D eigenvalue weighted by atomic mass is 9.87. The number of aliphatic carboxylic acids is 1. The van der Waals surface area contributed by atoms with Gasteiger partial charge in [-0.15, -0.1) is 0 Å². The van der Waals surface area contributed by atoms with Gasteiger partial charge >= 0.3 is 12.0 Å². The van der Waals surface area contributed by atoms with Crippen LogP contribution in [0.15, 0.2) is 0 Å². The molecule has 6 heteroatoms. The Morgan fingerprint density at radius 3 is 2.67 bits per heavy atom. The molecule has 0 aromatic carbocycles. The highest BCUT2D eigenvalue weighted by atomic mass is 16.4. The Morgan fingerprint density at radius 1 is 1.39 bits per heavy atom. The van der Waals surface area contributed by atoms with Gasteiger partial charge < -0.3 is 20.8 Å². The van der Waals surface area contributed by atoms with Gasteiger partial charge in [-0.25, -0.2) is 9.59 Å². The molecule has 0 heterocycles. The number of nitrogens with one attached hydrogen (secondary N) is 2. The van der Waals surface area contributed by atoms with E-state index in [-0.39, 0.29) is 19.1 Å². The number of aliphatic hydroxyl groups is 1. The molecule has 4 N–H and O–H groups in total. The molecule has 0 aromatic rings. The molecule has 0 saturated heterocycles. The number of amides is 2. The molecule has 1 rings (SSSR count). The number of hydrogen-bond acceptors (Lipinski definition) is 3. The van der Waals surface area contributed by atoms with Gasteiger partial charge in [0.05, 0.1) is 0 Å². The molecule has 0 aromatic heterocycles. The molecule has 3 unspecified atom stereocenters. The maximum atomic E-state index is 11.6. The van der Waals surface area contributed by atoms with Crippen molar-refractivity contribution in [2.75, 3.05) is 6.61 Å². The molecule has 3 atom stereocenters. The summed E-state index contributed by atoms with van der Waals surface area (Å²) in [7, 11) is 0. The molecule has 1 saturated carbocycles. The number of carboxylic acids is 1. The van der Waals surface area contributed by atoms with E-state index in [0.717, 1.165) is 19.3 Å².